The monoisotopic (exact) mass is 249 g/mol. The van der Waals surface area contributed by atoms with Crippen molar-refractivity contribution < 1.29 is 13.2 Å². The zero-order valence-electron chi connectivity index (χ0n) is 7.50. The van der Waals surface area contributed by atoms with E-state index in [-0.39, 0.29) is 5.82 Å². The summed E-state index contributed by atoms with van der Waals surface area (Å²) in [5, 5.41) is 1.66. The number of rotatable bonds is 2. The molecule has 1 aliphatic rings. The summed E-state index contributed by atoms with van der Waals surface area (Å²) in [6, 6.07) is 2.68. The quantitative estimate of drug-likeness (QED) is 0.800. The molecule has 1 aliphatic heterocycles. The number of hydrogen-bond donors (Lipinski definition) is 1. The van der Waals surface area contributed by atoms with Crippen molar-refractivity contribution in [2.75, 3.05) is 11.6 Å². The minimum absolute atomic E-state index is 0.335. The molecule has 0 fully saturated rings. The van der Waals surface area contributed by atoms with Crippen LogP contribution in [0.5, 0.6) is 0 Å². The van der Waals surface area contributed by atoms with E-state index in [9.17, 15) is 13.2 Å². The molecule has 0 aromatic heterocycles. The van der Waals surface area contributed by atoms with Crippen LogP contribution in [-0.4, -0.2) is 15.3 Å². The highest BCUT2D eigenvalue weighted by molar-refractivity contribution is 7.77. The van der Waals surface area contributed by atoms with Crippen molar-refractivity contribution in [2.45, 2.75) is 6.42 Å². The molecule has 2 rings (SSSR count). The topological polar surface area (TPSA) is 55.4 Å². The zero-order chi connectivity index (χ0) is 11.0. The molecule has 7 heteroatoms. The summed E-state index contributed by atoms with van der Waals surface area (Å²) in [5.41, 5.74) is 0.848. The lowest BCUT2D eigenvalue weighted by Crippen LogP contribution is -2.37. The highest BCUT2D eigenvalue weighted by Crippen LogP contribution is 2.35. The summed E-state index contributed by atoms with van der Waals surface area (Å²) in [6.07, 6.45) is 0.436. The third-order valence-electron chi connectivity index (χ3n) is 2.22. The largest absolute Gasteiger partial charge is 0.759 e. The van der Waals surface area contributed by atoms with Gasteiger partial charge in [0.25, 0.3) is 0 Å². The van der Waals surface area contributed by atoms with Crippen LogP contribution >= 0.6 is 11.6 Å². The Labute approximate surface area is 93.4 Å². The van der Waals surface area contributed by atoms with Gasteiger partial charge in [0.1, 0.15) is 5.82 Å². The van der Waals surface area contributed by atoms with Gasteiger partial charge in [0.15, 0.2) is 0 Å². The molecule has 0 saturated heterocycles. The van der Waals surface area contributed by atoms with E-state index < -0.39 is 11.3 Å². The van der Waals surface area contributed by atoms with E-state index in [1.165, 1.54) is 17.1 Å². The molecule has 15 heavy (non-hydrogen) atoms. The molecule has 1 atom stereocenters. The first-order chi connectivity index (χ1) is 7.09. The second kappa shape index (κ2) is 4.05. The summed E-state index contributed by atoms with van der Waals surface area (Å²) < 4.78 is 34.3. The van der Waals surface area contributed by atoms with E-state index in [2.05, 4.69) is 4.83 Å². The van der Waals surface area contributed by atoms with E-state index in [4.69, 9.17) is 11.6 Å². The average Bonchev–Trinajstić information content (AvgIpc) is 2.56. The maximum atomic E-state index is 13.3. The minimum Gasteiger partial charge on any atom is -0.759 e. The van der Waals surface area contributed by atoms with Gasteiger partial charge in [-0.15, -0.1) is 0 Å². The standard InChI is InChI=1S/C8H8ClFN2O2S/c9-6-1-2-7(10)5-3-4-12(8(5)6)11-15(13)14/h1-2,11H,3-4H2,(H,13,14)/p-1. The van der Waals surface area contributed by atoms with Crippen molar-refractivity contribution in [1.29, 1.82) is 0 Å². The van der Waals surface area contributed by atoms with E-state index in [0.29, 0.717) is 29.2 Å². The molecule has 0 spiro atoms. The van der Waals surface area contributed by atoms with Crippen molar-refractivity contribution in [3.8, 4) is 0 Å². The fourth-order valence-corrected chi connectivity index (χ4v) is 2.27. The first-order valence-electron chi connectivity index (χ1n) is 4.19. The minimum atomic E-state index is -2.43. The van der Waals surface area contributed by atoms with Crippen LogP contribution < -0.4 is 9.84 Å². The van der Waals surface area contributed by atoms with Crippen LogP contribution in [0.2, 0.25) is 5.02 Å². The van der Waals surface area contributed by atoms with Crippen molar-refractivity contribution in [2.24, 2.45) is 0 Å². The Balaban J connectivity index is 2.41. The van der Waals surface area contributed by atoms with E-state index >= 15 is 0 Å². The average molecular weight is 250 g/mol. The van der Waals surface area contributed by atoms with Crippen molar-refractivity contribution >= 4 is 28.6 Å². The number of halogens is 2. The van der Waals surface area contributed by atoms with Gasteiger partial charge in [-0.25, -0.2) is 4.39 Å². The van der Waals surface area contributed by atoms with Gasteiger partial charge in [0, 0.05) is 23.4 Å². The summed E-state index contributed by atoms with van der Waals surface area (Å²) in [4.78, 5) is 2.16. The molecule has 0 saturated carbocycles. The summed E-state index contributed by atoms with van der Waals surface area (Å²) in [7, 11) is 0. The lowest BCUT2D eigenvalue weighted by molar-refractivity contribution is 0.520. The van der Waals surface area contributed by atoms with Gasteiger partial charge >= 0.3 is 0 Å². The Bertz CT molecular complexity index is 429. The van der Waals surface area contributed by atoms with Crippen LogP contribution in [0.3, 0.4) is 0 Å². The van der Waals surface area contributed by atoms with E-state index in [0.717, 1.165) is 0 Å². The summed E-state index contributed by atoms with van der Waals surface area (Å²) in [5.74, 6) is -0.365. The third kappa shape index (κ3) is 1.98. The number of benzene rings is 1. The second-order valence-electron chi connectivity index (χ2n) is 3.08. The Morgan fingerprint density at radius 1 is 1.60 bits per heavy atom. The van der Waals surface area contributed by atoms with Gasteiger partial charge in [-0.1, -0.05) is 11.6 Å². The van der Waals surface area contributed by atoms with Gasteiger partial charge < -0.3 is 4.55 Å². The fraction of sp³-hybridized carbons (Fsp3) is 0.250. The SMILES string of the molecule is O=S([O-])NN1CCc2c(F)ccc(Cl)c21. The van der Waals surface area contributed by atoms with Crippen LogP contribution in [0, 0.1) is 5.82 Å². The second-order valence-corrected chi connectivity index (χ2v) is 4.14. The fourth-order valence-electron chi connectivity index (χ4n) is 1.63. The Morgan fingerprint density at radius 3 is 3.00 bits per heavy atom. The highest BCUT2D eigenvalue weighted by atomic mass is 35.5. The molecule has 82 valence electrons. The molecule has 1 aromatic carbocycles. The molecule has 1 N–H and O–H groups in total. The Morgan fingerprint density at radius 2 is 2.33 bits per heavy atom. The van der Waals surface area contributed by atoms with Crippen LogP contribution in [0.15, 0.2) is 12.1 Å². The first kappa shape index (κ1) is 10.8. The van der Waals surface area contributed by atoms with Crippen molar-refractivity contribution in [3.05, 3.63) is 28.5 Å². The van der Waals surface area contributed by atoms with Gasteiger partial charge in [-0.3, -0.25) is 9.22 Å². The molecule has 0 amide bonds. The molecule has 0 aliphatic carbocycles. The number of hydrazine groups is 1. The third-order valence-corrected chi connectivity index (χ3v) is 2.89. The number of anilines is 1. The molecule has 4 nitrogen and oxygen atoms in total. The molecule has 1 heterocycles. The lowest BCUT2D eigenvalue weighted by atomic mass is 10.1. The maximum absolute atomic E-state index is 13.3. The Kier molecular flexibility index (Phi) is 2.92. The predicted octanol–water partition coefficient (Wildman–Crippen LogP) is 1.14. The summed E-state index contributed by atoms with van der Waals surface area (Å²) in [6.45, 7) is 0.379. The van der Waals surface area contributed by atoms with Gasteiger partial charge in [-0.05, 0) is 18.6 Å². The highest BCUT2D eigenvalue weighted by Gasteiger charge is 2.24. The van der Waals surface area contributed by atoms with E-state index in [1.807, 2.05) is 0 Å². The predicted molar refractivity (Wildman–Crippen MR) is 54.5 cm³/mol. The number of fused-ring (bicyclic) bond motifs is 1. The van der Waals surface area contributed by atoms with Crippen LogP contribution in [0.4, 0.5) is 10.1 Å². The number of hydrogen-bond acceptors (Lipinski definition) is 3. The molecular formula is C8H7ClFN2O2S-. The zero-order valence-corrected chi connectivity index (χ0v) is 9.07. The maximum Gasteiger partial charge on any atom is 0.128 e. The van der Waals surface area contributed by atoms with Crippen LogP contribution in [0.25, 0.3) is 0 Å². The lowest BCUT2D eigenvalue weighted by Gasteiger charge is -2.22. The number of nitrogens with zero attached hydrogens (tertiary/aromatic N) is 1. The molecule has 0 radical (unpaired) electrons. The van der Waals surface area contributed by atoms with Crippen LogP contribution in [-0.2, 0) is 17.7 Å². The normalized spacial score (nSPS) is 16.6. The van der Waals surface area contributed by atoms with Crippen LogP contribution in [0.1, 0.15) is 5.56 Å². The molecule has 1 unspecified atom stereocenters. The number of nitrogens with one attached hydrogen (secondary N) is 1. The molecular weight excluding hydrogens is 243 g/mol. The summed E-state index contributed by atoms with van der Waals surface area (Å²) >= 11 is 3.44. The molecule has 0 bridgehead atoms. The van der Waals surface area contributed by atoms with Crippen molar-refractivity contribution in [1.82, 2.24) is 4.83 Å². The Hall–Kier alpha value is -0.690. The first-order valence-corrected chi connectivity index (χ1v) is 5.65. The smallest absolute Gasteiger partial charge is 0.128 e. The van der Waals surface area contributed by atoms with Gasteiger partial charge in [-0.2, -0.15) is 4.83 Å². The van der Waals surface area contributed by atoms with E-state index in [1.54, 1.807) is 0 Å². The van der Waals surface area contributed by atoms with Gasteiger partial charge in [0.2, 0.25) is 0 Å². The van der Waals surface area contributed by atoms with Gasteiger partial charge in [0.05, 0.1) is 10.7 Å². The molecule has 1 aromatic rings. The van der Waals surface area contributed by atoms with Crippen molar-refractivity contribution in [3.63, 3.8) is 0 Å².